The summed E-state index contributed by atoms with van der Waals surface area (Å²) in [5, 5.41) is 19.8. The summed E-state index contributed by atoms with van der Waals surface area (Å²) in [5.41, 5.74) is 0.872. The van der Waals surface area contributed by atoms with Crippen molar-refractivity contribution in [2.45, 2.75) is 57.2 Å². The van der Waals surface area contributed by atoms with Gasteiger partial charge in [-0.05, 0) is 57.9 Å². The SMILES string of the molecule is CCS(=O)(=O)N1CCCCN2[C@@H](CO)[C@@H](c3ccc(C#CC(C)(C)O)cc3)[C@@H]2C1. The molecule has 0 amide bonds. The van der Waals surface area contributed by atoms with Crippen molar-refractivity contribution in [2.75, 3.05) is 32.0 Å². The van der Waals surface area contributed by atoms with Gasteiger partial charge in [0.05, 0.1) is 12.4 Å². The van der Waals surface area contributed by atoms with Crippen LogP contribution in [0.1, 0.15) is 50.7 Å². The number of nitrogens with zero attached hydrogens (tertiary/aromatic N) is 2. The normalized spacial score (nSPS) is 26.4. The van der Waals surface area contributed by atoms with E-state index in [4.69, 9.17) is 0 Å². The summed E-state index contributed by atoms with van der Waals surface area (Å²) in [6.07, 6.45) is 1.78. The molecule has 2 heterocycles. The molecule has 29 heavy (non-hydrogen) atoms. The molecule has 6 nitrogen and oxygen atoms in total. The second-order valence-corrected chi connectivity index (χ2v) is 10.7. The fourth-order valence-corrected chi connectivity index (χ4v) is 5.51. The van der Waals surface area contributed by atoms with Crippen LogP contribution in [0.5, 0.6) is 0 Å². The lowest BCUT2D eigenvalue weighted by molar-refractivity contribution is -0.0553. The maximum absolute atomic E-state index is 12.5. The highest BCUT2D eigenvalue weighted by atomic mass is 32.2. The van der Waals surface area contributed by atoms with E-state index in [1.54, 1.807) is 25.1 Å². The largest absolute Gasteiger partial charge is 0.395 e. The van der Waals surface area contributed by atoms with E-state index in [1.807, 2.05) is 24.3 Å². The van der Waals surface area contributed by atoms with Crippen LogP contribution < -0.4 is 0 Å². The smallest absolute Gasteiger partial charge is 0.213 e. The zero-order valence-corrected chi connectivity index (χ0v) is 18.3. The molecule has 160 valence electrons. The predicted molar refractivity (Wildman–Crippen MR) is 114 cm³/mol. The Morgan fingerprint density at radius 2 is 1.83 bits per heavy atom. The van der Waals surface area contributed by atoms with E-state index in [-0.39, 0.29) is 30.4 Å². The summed E-state index contributed by atoms with van der Waals surface area (Å²) >= 11 is 0. The molecule has 2 N–H and O–H groups in total. The molecule has 0 aliphatic carbocycles. The second kappa shape index (κ2) is 8.75. The third-order valence-electron chi connectivity index (χ3n) is 5.90. The molecule has 3 atom stereocenters. The molecule has 0 bridgehead atoms. The first kappa shape index (κ1) is 22.3. The maximum atomic E-state index is 12.5. The molecule has 0 spiro atoms. The summed E-state index contributed by atoms with van der Waals surface area (Å²) in [7, 11) is -3.24. The highest BCUT2D eigenvalue weighted by molar-refractivity contribution is 7.89. The Hall–Kier alpha value is -1.43. The second-order valence-electron chi connectivity index (χ2n) is 8.48. The van der Waals surface area contributed by atoms with E-state index in [0.717, 1.165) is 30.5 Å². The first-order valence-electron chi connectivity index (χ1n) is 10.4. The van der Waals surface area contributed by atoms with Crippen LogP contribution in [0.25, 0.3) is 0 Å². The van der Waals surface area contributed by atoms with Crippen LogP contribution in [0.15, 0.2) is 24.3 Å². The average Bonchev–Trinajstić information content (AvgIpc) is 2.65. The zero-order valence-electron chi connectivity index (χ0n) is 17.5. The monoisotopic (exact) mass is 420 g/mol. The van der Waals surface area contributed by atoms with Gasteiger partial charge in [-0.25, -0.2) is 12.7 Å². The number of hydrogen-bond acceptors (Lipinski definition) is 5. The first-order chi connectivity index (χ1) is 13.7. The number of benzene rings is 1. The summed E-state index contributed by atoms with van der Waals surface area (Å²) < 4.78 is 26.7. The topological polar surface area (TPSA) is 81.1 Å². The number of sulfonamides is 1. The Morgan fingerprint density at radius 1 is 1.17 bits per heavy atom. The third-order valence-corrected chi connectivity index (χ3v) is 7.75. The van der Waals surface area contributed by atoms with Crippen molar-refractivity contribution < 1.29 is 18.6 Å². The van der Waals surface area contributed by atoms with Crippen LogP contribution in [-0.4, -0.2) is 77.5 Å². The fourth-order valence-electron chi connectivity index (χ4n) is 4.36. The van der Waals surface area contributed by atoms with Gasteiger partial charge in [0.2, 0.25) is 10.0 Å². The predicted octanol–water partition coefficient (Wildman–Crippen LogP) is 1.38. The number of aliphatic hydroxyl groups is 2. The van der Waals surface area contributed by atoms with Crippen LogP contribution in [0.3, 0.4) is 0 Å². The van der Waals surface area contributed by atoms with Gasteiger partial charge in [0.25, 0.3) is 0 Å². The summed E-state index contributed by atoms with van der Waals surface area (Å²) in [4.78, 5) is 2.27. The lowest BCUT2D eigenvalue weighted by Gasteiger charge is -2.57. The summed E-state index contributed by atoms with van der Waals surface area (Å²) in [6, 6.07) is 7.95. The Labute approximate surface area is 174 Å². The van der Waals surface area contributed by atoms with E-state index >= 15 is 0 Å². The van der Waals surface area contributed by atoms with Crippen LogP contribution in [0.4, 0.5) is 0 Å². The Balaban J connectivity index is 1.84. The molecule has 7 heteroatoms. The molecular weight excluding hydrogens is 388 g/mol. The summed E-state index contributed by atoms with van der Waals surface area (Å²) in [6.45, 7) is 6.97. The van der Waals surface area contributed by atoms with Gasteiger partial charge < -0.3 is 10.2 Å². The van der Waals surface area contributed by atoms with E-state index in [0.29, 0.717) is 13.1 Å². The third kappa shape index (κ3) is 5.01. The molecule has 2 saturated heterocycles. The molecule has 3 rings (SSSR count). The molecular formula is C22H32N2O4S. The summed E-state index contributed by atoms with van der Waals surface area (Å²) in [5.74, 6) is 5.98. The highest BCUT2D eigenvalue weighted by Gasteiger charge is 2.49. The van der Waals surface area contributed by atoms with E-state index < -0.39 is 15.6 Å². The van der Waals surface area contributed by atoms with Crippen LogP contribution in [0, 0.1) is 11.8 Å². The molecule has 2 aliphatic rings. The molecule has 1 aromatic rings. The van der Waals surface area contributed by atoms with Crippen LogP contribution >= 0.6 is 0 Å². The van der Waals surface area contributed by atoms with Crippen molar-refractivity contribution in [3.05, 3.63) is 35.4 Å². The minimum atomic E-state index is -3.24. The molecule has 0 radical (unpaired) electrons. The van der Waals surface area contributed by atoms with Gasteiger partial charge in [-0.3, -0.25) is 4.90 Å². The molecule has 2 aliphatic heterocycles. The number of hydrogen-bond donors (Lipinski definition) is 2. The fraction of sp³-hybridized carbons (Fsp3) is 0.636. The first-order valence-corrected chi connectivity index (χ1v) is 12.0. The molecule has 0 saturated carbocycles. The maximum Gasteiger partial charge on any atom is 0.213 e. The van der Waals surface area contributed by atoms with Crippen molar-refractivity contribution in [2.24, 2.45) is 0 Å². The lowest BCUT2D eigenvalue weighted by atomic mass is 9.74. The van der Waals surface area contributed by atoms with Crippen molar-refractivity contribution in [1.29, 1.82) is 0 Å². The molecule has 0 unspecified atom stereocenters. The van der Waals surface area contributed by atoms with Crippen LogP contribution in [-0.2, 0) is 10.0 Å². The Bertz CT molecular complexity index is 865. The van der Waals surface area contributed by atoms with Gasteiger partial charge >= 0.3 is 0 Å². The quantitative estimate of drug-likeness (QED) is 0.720. The molecule has 0 aromatic heterocycles. The van der Waals surface area contributed by atoms with Crippen molar-refractivity contribution in [3.63, 3.8) is 0 Å². The van der Waals surface area contributed by atoms with Crippen LogP contribution in [0.2, 0.25) is 0 Å². The van der Waals surface area contributed by atoms with Crippen molar-refractivity contribution in [3.8, 4) is 11.8 Å². The molecule has 1 aromatic carbocycles. The van der Waals surface area contributed by atoms with E-state index in [1.165, 1.54) is 0 Å². The van der Waals surface area contributed by atoms with Gasteiger partial charge in [0.15, 0.2) is 0 Å². The number of rotatable bonds is 4. The highest BCUT2D eigenvalue weighted by Crippen LogP contribution is 2.42. The Morgan fingerprint density at radius 3 is 2.41 bits per heavy atom. The minimum Gasteiger partial charge on any atom is -0.395 e. The molecule has 2 fully saturated rings. The standard InChI is InChI=1S/C22H32N2O4S/c1-4-29(27,28)23-13-5-6-14-24-19(15-23)21(20(24)16-25)18-9-7-17(8-10-18)11-12-22(2,3)26/h7-10,19-21,25-26H,4-6,13-16H2,1-3H3/t19-,20-,21-/m0/s1. The van der Waals surface area contributed by atoms with E-state index in [2.05, 4.69) is 16.7 Å². The van der Waals surface area contributed by atoms with Gasteiger partial charge in [0.1, 0.15) is 5.60 Å². The van der Waals surface area contributed by atoms with Gasteiger partial charge in [0, 0.05) is 36.7 Å². The average molecular weight is 421 g/mol. The lowest BCUT2D eigenvalue weighted by Crippen LogP contribution is -2.67. The van der Waals surface area contributed by atoms with Crippen molar-refractivity contribution in [1.82, 2.24) is 9.21 Å². The van der Waals surface area contributed by atoms with Crippen molar-refractivity contribution >= 4 is 10.0 Å². The number of fused-ring (bicyclic) bond motifs is 1. The van der Waals surface area contributed by atoms with Gasteiger partial charge in [-0.2, -0.15) is 0 Å². The Kier molecular flexibility index (Phi) is 6.71. The van der Waals surface area contributed by atoms with Gasteiger partial charge in [-0.15, -0.1) is 0 Å². The minimum absolute atomic E-state index is 0.0117. The van der Waals surface area contributed by atoms with E-state index in [9.17, 15) is 18.6 Å². The zero-order chi connectivity index (χ0) is 21.2. The van der Waals surface area contributed by atoms with Gasteiger partial charge in [-0.1, -0.05) is 24.0 Å². The number of aliphatic hydroxyl groups excluding tert-OH is 1.